The Kier molecular flexibility index (Phi) is 4.68. The highest BCUT2D eigenvalue weighted by Gasteiger charge is 2.13. The molecule has 0 aliphatic rings. The fourth-order valence-corrected chi connectivity index (χ4v) is 2.45. The van der Waals surface area contributed by atoms with Crippen LogP contribution in [-0.4, -0.2) is 5.97 Å². The molecule has 2 rings (SSSR count). The van der Waals surface area contributed by atoms with E-state index in [9.17, 15) is 4.79 Å². The van der Waals surface area contributed by atoms with Gasteiger partial charge in [0.2, 0.25) is 0 Å². The van der Waals surface area contributed by atoms with Gasteiger partial charge in [0.05, 0.1) is 5.56 Å². The number of nitrogens with two attached hydrogens (primary N) is 1. The van der Waals surface area contributed by atoms with Crippen LogP contribution < -0.4 is 5.73 Å². The van der Waals surface area contributed by atoms with Gasteiger partial charge in [-0.3, -0.25) is 0 Å². The van der Waals surface area contributed by atoms with E-state index in [1.807, 2.05) is 19.1 Å². The maximum atomic E-state index is 12.0. The zero-order chi connectivity index (χ0) is 14.7. The number of benzene rings is 2. The lowest BCUT2D eigenvalue weighted by Gasteiger charge is -2.09. The molecule has 2 N–H and O–H groups in total. The molecule has 0 saturated heterocycles. The first kappa shape index (κ1) is 14.9. The van der Waals surface area contributed by atoms with Crippen LogP contribution >= 0.6 is 27.5 Å². The SMILES string of the molecule is Cc1cccc(C(=O)OCc2ccc(Br)cc2Cl)c1N. The number of para-hydroxylation sites is 1. The van der Waals surface area contributed by atoms with Crippen LogP contribution in [0.1, 0.15) is 21.5 Å². The van der Waals surface area contributed by atoms with E-state index in [2.05, 4.69) is 15.9 Å². The first-order chi connectivity index (χ1) is 9.49. The van der Waals surface area contributed by atoms with E-state index in [1.165, 1.54) is 0 Å². The van der Waals surface area contributed by atoms with Crippen molar-refractivity contribution in [2.45, 2.75) is 13.5 Å². The Morgan fingerprint density at radius 1 is 1.35 bits per heavy atom. The number of anilines is 1. The monoisotopic (exact) mass is 353 g/mol. The highest BCUT2D eigenvalue weighted by molar-refractivity contribution is 9.10. The first-order valence-corrected chi connectivity index (χ1v) is 7.12. The quantitative estimate of drug-likeness (QED) is 0.658. The minimum absolute atomic E-state index is 0.109. The van der Waals surface area contributed by atoms with Crippen molar-refractivity contribution >= 4 is 39.2 Å². The molecule has 2 aromatic carbocycles. The van der Waals surface area contributed by atoms with Crippen molar-refractivity contribution in [3.05, 3.63) is 62.6 Å². The molecule has 20 heavy (non-hydrogen) atoms. The van der Waals surface area contributed by atoms with E-state index >= 15 is 0 Å². The lowest BCUT2D eigenvalue weighted by Crippen LogP contribution is -2.09. The van der Waals surface area contributed by atoms with Crippen molar-refractivity contribution in [3.63, 3.8) is 0 Å². The third kappa shape index (κ3) is 3.32. The second-order valence-corrected chi connectivity index (χ2v) is 5.67. The number of hydrogen-bond donors (Lipinski definition) is 1. The van der Waals surface area contributed by atoms with Crippen molar-refractivity contribution in [1.82, 2.24) is 0 Å². The predicted molar refractivity (Wildman–Crippen MR) is 83.9 cm³/mol. The van der Waals surface area contributed by atoms with Crippen LogP contribution in [0.3, 0.4) is 0 Å². The summed E-state index contributed by atoms with van der Waals surface area (Å²) in [5, 5.41) is 0.546. The maximum Gasteiger partial charge on any atom is 0.340 e. The summed E-state index contributed by atoms with van der Waals surface area (Å²) >= 11 is 9.39. The molecule has 0 amide bonds. The number of aryl methyl sites for hydroxylation is 1. The number of halogens is 2. The molecule has 0 bridgehead atoms. The third-order valence-corrected chi connectivity index (χ3v) is 3.76. The van der Waals surface area contributed by atoms with Crippen LogP contribution in [0.5, 0.6) is 0 Å². The lowest BCUT2D eigenvalue weighted by molar-refractivity contribution is 0.0474. The average molecular weight is 355 g/mol. The van der Waals surface area contributed by atoms with Crippen molar-refractivity contribution in [1.29, 1.82) is 0 Å². The van der Waals surface area contributed by atoms with Crippen LogP contribution in [0.15, 0.2) is 40.9 Å². The molecule has 2 aromatic rings. The molecule has 0 aliphatic carbocycles. The number of carbonyl (C=O) groups is 1. The lowest BCUT2D eigenvalue weighted by atomic mass is 10.1. The Morgan fingerprint density at radius 3 is 2.80 bits per heavy atom. The molecule has 104 valence electrons. The molecule has 0 aromatic heterocycles. The van der Waals surface area contributed by atoms with Crippen LogP contribution in [-0.2, 0) is 11.3 Å². The molecule has 3 nitrogen and oxygen atoms in total. The number of hydrogen-bond acceptors (Lipinski definition) is 3. The van der Waals surface area contributed by atoms with Gasteiger partial charge in [-0.05, 0) is 30.7 Å². The number of carbonyl (C=O) groups excluding carboxylic acids is 1. The standard InChI is InChI=1S/C15H13BrClNO2/c1-9-3-2-4-12(14(9)18)15(19)20-8-10-5-6-11(16)7-13(10)17/h2-7H,8,18H2,1H3. The topological polar surface area (TPSA) is 52.3 Å². The molecule has 0 heterocycles. The van der Waals surface area contributed by atoms with Gasteiger partial charge in [-0.2, -0.15) is 0 Å². The normalized spacial score (nSPS) is 10.3. The van der Waals surface area contributed by atoms with E-state index < -0.39 is 5.97 Å². The molecule has 0 spiro atoms. The van der Waals surface area contributed by atoms with E-state index in [-0.39, 0.29) is 6.61 Å². The van der Waals surface area contributed by atoms with Crippen LogP contribution in [0.4, 0.5) is 5.69 Å². The maximum absolute atomic E-state index is 12.0. The third-order valence-electron chi connectivity index (χ3n) is 2.92. The zero-order valence-corrected chi connectivity index (χ0v) is 13.2. The van der Waals surface area contributed by atoms with Crippen LogP contribution in [0.25, 0.3) is 0 Å². The van der Waals surface area contributed by atoms with Gasteiger partial charge < -0.3 is 10.5 Å². The average Bonchev–Trinajstić information content (AvgIpc) is 2.40. The van der Waals surface area contributed by atoms with Crippen molar-refractivity contribution in [3.8, 4) is 0 Å². The molecule has 0 fully saturated rings. The fourth-order valence-electron chi connectivity index (χ4n) is 1.72. The Hall–Kier alpha value is -1.52. The summed E-state index contributed by atoms with van der Waals surface area (Å²) in [7, 11) is 0. The van der Waals surface area contributed by atoms with E-state index in [1.54, 1.807) is 24.3 Å². The largest absolute Gasteiger partial charge is 0.457 e. The second kappa shape index (κ2) is 6.29. The molecular formula is C15H13BrClNO2. The Morgan fingerprint density at radius 2 is 2.10 bits per heavy atom. The summed E-state index contributed by atoms with van der Waals surface area (Å²) in [4.78, 5) is 12.0. The van der Waals surface area contributed by atoms with Gasteiger partial charge in [0.1, 0.15) is 6.61 Å². The first-order valence-electron chi connectivity index (χ1n) is 5.95. The van der Waals surface area contributed by atoms with Crippen molar-refractivity contribution < 1.29 is 9.53 Å². The molecule has 5 heteroatoms. The molecule has 0 unspecified atom stereocenters. The summed E-state index contributed by atoms with van der Waals surface area (Å²) in [6.07, 6.45) is 0. The van der Waals surface area contributed by atoms with Gasteiger partial charge in [-0.15, -0.1) is 0 Å². The Labute approximate surface area is 130 Å². The molecular weight excluding hydrogens is 342 g/mol. The van der Waals surface area contributed by atoms with Crippen molar-refractivity contribution in [2.24, 2.45) is 0 Å². The van der Waals surface area contributed by atoms with Gasteiger partial charge in [-0.1, -0.05) is 45.7 Å². The fraction of sp³-hybridized carbons (Fsp3) is 0.133. The Balaban J connectivity index is 2.11. The molecule has 0 radical (unpaired) electrons. The van der Waals surface area contributed by atoms with Gasteiger partial charge in [-0.25, -0.2) is 4.79 Å². The summed E-state index contributed by atoms with van der Waals surface area (Å²) in [5.41, 5.74) is 8.28. The number of ether oxygens (including phenoxy) is 1. The summed E-state index contributed by atoms with van der Waals surface area (Å²) in [5.74, 6) is -0.454. The smallest absolute Gasteiger partial charge is 0.340 e. The van der Waals surface area contributed by atoms with Crippen LogP contribution in [0, 0.1) is 6.92 Å². The van der Waals surface area contributed by atoms with E-state index in [0.717, 1.165) is 15.6 Å². The van der Waals surface area contributed by atoms with Crippen LogP contribution in [0.2, 0.25) is 5.02 Å². The zero-order valence-electron chi connectivity index (χ0n) is 10.8. The Bertz CT molecular complexity index is 658. The number of rotatable bonds is 3. The summed E-state index contributed by atoms with van der Waals surface area (Å²) < 4.78 is 6.13. The minimum atomic E-state index is -0.454. The predicted octanol–water partition coefficient (Wildman–Crippen LogP) is 4.35. The summed E-state index contributed by atoms with van der Waals surface area (Å²) in [6, 6.07) is 10.7. The summed E-state index contributed by atoms with van der Waals surface area (Å²) in [6.45, 7) is 1.95. The number of nitrogen functional groups attached to an aromatic ring is 1. The molecule has 0 atom stereocenters. The van der Waals surface area contributed by atoms with Crippen molar-refractivity contribution in [2.75, 3.05) is 5.73 Å². The van der Waals surface area contributed by atoms with Gasteiger partial charge in [0.15, 0.2) is 0 Å². The highest BCUT2D eigenvalue weighted by atomic mass is 79.9. The molecule has 0 aliphatic heterocycles. The second-order valence-electron chi connectivity index (χ2n) is 4.35. The van der Waals surface area contributed by atoms with Gasteiger partial charge in [0, 0.05) is 20.7 Å². The minimum Gasteiger partial charge on any atom is -0.457 e. The van der Waals surface area contributed by atoms with E-state index in [4.69, 9.17) is 22.1 Å². The number of esters is 1. The van der Waals surface area contributed by atoms with E-state index in [0.29, 0.717) is 16.3 Å². The van der Waals surface area contributed by atoms with Gasteiger partial charge >= 0.3 is 5.97 Å². The van der Waals surface area contributed by atoms with Gasteiger partial charge in [0.25, 0.3) is 0 Å². The molecule has 0 saturated carbocycles. The highest BCUT2D eigenvalue weighted by Crippen LogP contribution is 2.23.